The summed E-state index contributed by atoms with van der Waals surface area (Å²) >= 11 is 0. The molecule has 5 rings (SSSR count). The molecule has 3 nitrogen and oxygen atoms in total. The smallest absolute Gasteiger partial charge is 0.350 e. The summed E-state index contributed by atoms with van der Waals surface area (Å²) in [6.45, 7) is 22.7. The monoisotopic (exact) mass is 475 g/mol. The Balaban J connectivity index is 1.90. The molecule has 0 saturated heterocycles. The molecule has 0 aliphatic carbocycles. The number of hydrogen-bond donors (Lipinski definition) is 0. The van der Waals surface area contributed by atoms with Gasteiger partial charge in [0.25, 0.3) is 0 Å². The van der Waals surface area contributed by atoms with Gasteiger partial charge >= 0.3 is 12.8 Å². The fourth-order valence-electron chi connectivity index (χ4n) is 6.21. The molecule has 0 radical (unpaired) electrons. The number of rotatable bonds is 4. The van der Waals surface area contributed by atoms with Gasteiger partial charge in [-0.15, -0.1) is 23.3 Å². The largest absolute Gasteiger partial charge is 0.640 e. The van der Waals surface area contributed by atoms with Crippen LogP contribution in [0.2, 0.25) is 0 Å². The highest BCUT2D eigenvalue weighted by atomic mass is 15.3. The van der Waals surface area contributed by atoms with E-state index < -0.39 is 0 Å². The zero-order valence-electron chi connectivity index (χ0n) is 23.1. The molecule has 4 heteroatoms. The van der Waals surface area contributed by atoms with Crippen molar-refractivity contribution in [1.29, 1.82) is 0 Å². The van der Waals surface area contributed by atoms with E-state index in [-0.39, 0.29) is 6.98 Å². The minimum Gasteiger partial charge on any atom is -0.350 e. The second-order valence-electron chi connectivity index (χ2n) is 11.1. The van der Waals surface area contributed by atoms with Crippen LogP contribution in [0.25, 0.3) is 0 Å². The van der Waals surface area contributed by atoms with Gasteiger partial charge in [0.1, 0.15) is 12.6 Å². The summed E-state index contributed by atoms with van der Waals surface area (Å²) in [6.07, 6.45) is 0. The third-order valence-corrected chi connectivity index (χ3v) is 7.92. The van der Waals surface area contributed by atoms with Crippen molar-refractivity contribution in [2.24, 2.45) is 0 Å². The molecule has 0 unspecified atom stereocenters. The molecule has 0 amide bonds. The number of nitrogens with zero attached hydrogens (tertiary/aromatic N) is 3. The van der Waals surface area contributed by atoms with Crippen LogP contribution in [0, 0.1) is 33.4 Å². The van der Waals surface area contributed by atoms with Crippen molar-refractivity contribution in [1.82, 2.24) is 0 Å². The van der Waals surface area contributed by atoms with Crippen LogP contribution in [0.4, 0.5) is 5.69 Å². The van der Waals surface area contributed by atoms with Crippen molar-refractivity contribution in [2.45, 2.75) is 60.3 Å². The highest BCUT2D eigenvalue weighted by Crippen LogP contribution is 2.39. The van der Waals surface area contributed by atoms with Crippen LogP contribution in [-0.2, 0) is 0 Å². The number of aryl methyl sites for hydroxylation is 3. The first-order valence-electron chi connectivity index (χ1n) is 13.1. The van der Waals surface area contributed by atoms with Gasteiger partial charge in [0, 0.05) is 24.9 Å². The lowest BCUT2D eigenvalue weighted by molar-refractivity contribution is -0.386. The molecular formula is C32H38BN3. The Morgan fingerprint density at radius 2 is 1.36 bits per heavy atom. The molecule has 0 spiro atoms. The molecule has 0 aromatic heterocycles. The van der Waals surface area contributed by atoms with Gasteiger partial charge in [-0.3, -0.25) is 9.06 Å². The molecule has 2 aliphatic heterocycles. The van der Waals surface area contributed by atoms with Gasteiger partial charge in [-0.1, -0.05) is 83.5 Å². The predicted octanol–water partition coefficient (Wildman–Crippen LogP) is 5.93. The summed E-state index contributed by atoms with van der Waals surface area (Å²) in [5.74, 6) is 2.00. The van der Waals surface area contributed by atoms with Gasteiger partial charge < -0.3 is 4.81 Å². The lowest BCUT2D eigenvalue weighted by atomic mass is 9.57. The molecule has 3 aromatic carbocycles. The molecular weight excluding hydrogens is 437 g/mol. The molecule has 3 aromatic rings. The fourth-order valence-corrected chi connectivity index (χ4v) is 6.21. The number of anilines is 1. The molecule has 0 atom stereocenters. The first-order valence-corrected chi connectivity index (χ1v) is 13.1. The third-order valence-electron chi connectivity index (χ3n) is 7.92. The van der Waals surface area contributed by atoms with Gasteiger partial charge in [0.15, 0.2) is 0 Å². The van der Waals surface area contributed by atoms with Crippen LogP contribution in [0.15, 0.2) is 54.6 Å². The maximum Gasteiger partial charge on any atom is 0.640 e. The number of benzene rings is 3. The summed E-state index contributed by atoms with van der Waals surface area (Å²) in [5.41, 5.74) is 11.9. The first kappa shape index (κ1) is 24.3. The highest BCUT2D eigenvalue weighted by Gasteiger charge is 2.55. The number of amidine groups is 1. The SMILES string of the molecule is C=[N+]1[CH-][C-](c2c(C)cccc2C)[N+]2=C1c1c(C)cccc1N(C)B2c1c(C(C)C)cccc1C(C)C. The zero-order chi connectivity index (χ0) is 25.9. The van der Waals surface area contributed by atoms with Crippen LogP contribution in [0.1, 0.15) is 78.5 Å². The minimum atomic E-state index is 0.0160. The van der Waals surface area contributed by atoms with Crippen LogP contribution < -0.4 is 10.3 Å². The minimum absolute atomic E-state index is 0.0160. The Kier molecular flexibility index (Phi) is 6.02. The Morgan fingerprint density at radius 3 is 1.94 bits per heavy atom. The first-order chi connectivity index (χ1) is 17.1. The maximum absolute atomic E-state index is 4.52. The van der Waals surface area contributed by atoms with Crippen molar-refractivity contribution in [2.75, 3.05) is 11.9 Å². The Hall–Kier alpha value is -3.40. The van der Waals surface area contributed by atoms with E-state index in [2.05, 4.69) is 137 Å². The normalized spacial score (nSPS) is 15.2. The molecule has 36 heavy (non-hydrogen) atoms. The second kappa shape index (κ2) is 8.92. The average Bonchev–Trinajstić information content (AvgIpc) is 3.15. The lowest BCUT2D eigenvalue weighted by Gasteiger charge is -2.35. The standard InChI is InChI=1S/C32H38BN3/c1-20(2)25-16-12-17-26(21(3)4)31(25)33-35(9)27-18-11-15-24(7)30(27)32-34(8)19-28(36(32)33)29-22(5)13-10-14-23(29)6/h10-21H,8H2,1-7,9H3. The number of fused-ring (bicyclic) bond motifs is 2. The van der Waals surface area contributed by atoms with Crippen LogP contribution in [-0.4, -0.2) is 35.6 Å². The summed E-state index contributed by atoms with van der Waals surface area (Å²) in [5, 5.41) is 0. The summed E-state index contributed by atoms with van der Waals surface area (Å²) < 4.78 is 4.66. The third kappa shape index (κ3) is 3.58. The summed E-state index contributed by atoms with van der Waals surface area (Å²) in [7, 11) is 2.26. The molecule has 0 saturated carbocycles. The van der Waals surface area contributed by atoms with Crippen molar-refractivity contribution in [3.8, 4) is 0 Å². The van der Waals surface area contributed by atoms with Gasteiger partial charge in [-0.25, -0.2) is 0 Å². The average molecular weight is 475 g/mol. The summed E-state index contributed by atoms with van der Waals surface area (Å²) in [6, 6.07) is 21.3. The van der Waals surface area contributed by atoms with Gasteiger partial charge in [0.2, 0.25) is 0 Å². The van der Waals surface area contributed by atoms with Crippen molar-refractivity contribution < 1.29 is 9.06 Å². The van der Waals surface area contributed by atoms with E-state index >= 15 is 0 Å². The van der Waals surface area contributed by atoms with E-state index in [1.807, 2.05) is 0 Å². The Labute approximate surface area is 217 Å². The molecule has 0 N–H and O–H groups in total. The Morgan fingerprint density at radius 1 is 0.833 bits per heavy atom. The molecule has 0 bridgehead atoms. The molecule has 2 aliphatic rings. The van der Waals surface area contributed by atoms with E-state index in [4.69, 9.17) is 0 Å². The van der Waals surface area contributed by atoms with Gasteiger partial charge in [0.05, 0.1) is 5.56 Å². The molecule has 2 heterocycles. The predicted molar refractivity (Wildman–Crippen MR) is 154 cm³/mol. The van der Waals surface area contributed by atoms with Crippen molar-refractivity contribution >= 4 is 30.7 Å². The number of hydrogen-bond acceptors (Lipinski definition) is 1. The van der Waals surface area contributed by atoms with E-state index in [9.17, 15) is 0 Å². The van der Waals surface area contributed by atoms with E-state index in [0.29, 0.717) is 11.8 Å². The lowest BCUT2D eigenvalue weighted by Crippen LogP contribution is -2.61. The molecule has 184 valence electrons. The highest BCUT2D eigenvalue weighted by molar-refractivity contribution is 6.72. The fraction of sp³-hybridized carbons (Fsp3) is 0.312. The van der Waals surface area contributed by atoms with E-state index in [1.165, 1.54) is 56.1 Å². The van der Waals surface area contributed by atoms with Crippen LogP contribution in [0.3, 0.4) is 0 Å². The van der Waals surface area contributed by atoms with E-state index in [1.54, 1.807) is 0 Å². The van der Waals surface area contributed by atoms with Crippen LogP contribution in [0.5, 0.6) is 0 Å². The summed E-state index contributed by atoms with van der Waals surface area (Å²) in [4.78, 5) is 2.49. The zero-order valence-corrected chi connectivity index (χ0v) is 23.1. The topological polar surface area (TPSA) is 9.26 Å². The second-order valence-corrected chi connectivity index (χ2v) is 11.1. The van der Waals surface area contributed by atoms with Crippen LogP contribution >= 0.6 is 0 Å². The van der Waals surface area contributed by atoms with Gasteiger partial charge in [-0.2, -0.15) is 0 Å². The Bertz CT molecular complexity index is 1350. The molecule has 0 fully saturated rings. The maximum atomic E-state index is 4.52. The van der Waals surface area contributed by atoms with Gasteiger partial charge in [-0.05, 0) is 41.5 Å². The van der Waals surface area contributed by atoms with Crippen molar-refractivity contribution in [3.63, 3.8) is 0 Å². The quantitative estimate of drug-likeness (QED) is 0.258. The van der Waals surface area contributed by atoms with E-state index in [0.717, 1.165) is 5.84 Å². The van der Waals surface area contributed by atoms with Crippen molar-refractivity contribution in [3.05, 3.63) is 106 Å².